The second kappa shape index (κ2) is 9.51. The number of hydrogen-bond acceptors (Lipinski definition) is 4. The molecule has 1 aliphatic heterocycles. The highest BCUT2D eigenvalue weighted by Crippen LogP contribution is 2.53. The molecule has 0 saturated carbocycles. The van der Waals surface area contributed by atoms with Crippen LogP contribution in [0.1, 0.15) is 48.8 Å². The number of aliphatic carboxylic acids is 1. The molecule has 4 atom stereocenters. The van der Waals surface area contributed by atoms with E-state index in [-0.39, 0.29) is 27.6 Å². The number of nitriles is 1. The van der Waals surface area contributed by atoms with E-state index in [1.807, 2.05) is 19.9 Å². The third-order valence-electron chi connectivity index (χ3n) is 7.02. The predicted molar refractivity (Wildman–Crippen MR) is 132 cm³/mol. The van der Waals surface area contributed by atoms with Gasteiger partial charge in [0.1, 0.15) is 34.6 Å². The van der Waals surface area contributed by atoms with Crippen LogP contribution in [0.4, 0.5) is 8.78 Å². The van der Waals surface area contributed by atoms with Crippen molar-refractivity contribution in [3.05, 3.63) is 92.9 Å². The summed E-state index contributed by atoms with van der Waals surface area (Å²) in [5.41, 5.74) is -2.69. The van der Waals surface area contributed by atoms with Crippen LogP contribution >= 0.6 is 23.2 Å². The van der Waals surface area contributed by atoms with Crippen LogP contribution in [0.2, 0.25) is 10.0 Å². The van der Waals surface area contributed by atoms with E-state index in [1.54, 1.807) is 13.0 Å². The molecule has 0 amide bonds. The first-order chi connectivity index (χ1) is 16.9. The van der Waals surface area contributed by atoms with Gasteiger partial charge in [0.05, 0.1) is 11.1 Å². The Balaban J connectivity index is 1.99. The largest absolute Gasteiger partial charge is 0.480 e. The molecule has 36 heavy (non-hydrogen) atoms. The maximum absolute atomic E-state index is 15.5. The van der Waals surface area contributed by atoms with Crippen molar-refractivity contribution in [1.82, 2.24) is 5.32 Å². The highest BCUT2D eigenvalue weighted by Gasteiger charge is 2.61. The molecule has 188 valence electrons. The van der Waals surface area contributed by atoms with Gasteiger partial charge in [-0.2, -0.15) is 5.26 Å². The van der Waals surface area contributed by atoms with Gasteiger partial charge in [-0.05, 0) is 49.2 Å². The SMILES string of the molecule is Cc1ccc(C(C)(C)C[C@@H]2N[C@@H](C(=O)O)[C@H](c3cccc(Cl)c3F)[C@@]2(C#N)c2ccc(Cl)cc2F)o1. The summed E-state index contributed by atoms with van der Waals surface area (Å²) in [6.45, 7) is 5.57. The predicted octanol–water partition coefficient (Wildman–Crippen LogP) is 6.51. The van der Waals surface area contributed by atoms with Crippen molar-refractivity contribution in [3.63, 3.8) is 0 Å². The number of hydrogen-bond donors (Lipinski definition) is 2. The van der Waals surface area contributed by atoms with E-state index >= 15 is 8.78 Å². The summed E-state index contributed by atoms with van der Waals surface area (Å²) >= 11 is 12.0. The maximum Gasteiger partial charge on any atom is 0.321 e. The smallest absolute Gasteiger partial charge is 0.321 e. The average Bonchev–Trinajstić information content (AvgIpc) is 3.38. The summed E-state index contributed by atoms with van der Waals surface area (Å²) in [4.78, 5) is 12.5. The third-order valence-corrected chi connectivity index (χ3v) is 7.55. The van der Waals surface area contributed by atoms with Gasteiger partial charge in [-0.25, -0.2) is 8.78 Å². The number of carbonyl (C=O) groups is 1. The lowest BCUT2D eigenvalue weighted by Crippen LogP contribution is -2.46. The standard InChI is InChI=1S/C27H24Cl2F2N2O3/c1-14-7-10-21(36-14)26(2,3)12-20-27(13-32,17-9-8-15(28)11-19(17)30)22(24(33-20)25(34)35)16-5-4-6-18(29)23(16)31/h4-11,20,22,24,33H,12H2,1-3H3,(H,34,35)/t20-,22-,24+,27-/m0/s1. The van der Waals surface area contributed by atoms with E-state index in [1.165, 1.54) is 30.3 Å². The van der Waals surface area contributed by atoms with Crippen LogP contribution in [-0.4, -0.2) is 23.2 Å². The summed E-state index contributed by atoms with van der Waals surface area (Å²) < 4.78 is 36.7. The minimum atomic E-state index is -1.83. The second-order valence-corrected chi connectivity index (χ2v) is 10.6. The molecule has 2 N–H and O–H groups in total. The van der Waals surface area contributed by atoms with Crippen molar-refractivity contribution in [2.45, 2.75) is 56.0 Å². The Hall–Kier alpha value is -2.92. The number of nitrogens with zero attached hydrogens (tertiary/aromatic N) is 1. The van der Waals surface area contributed by atoms with Gasteiger partial charge in [-0.15, -0.1) is 0 Å². The minimum absolute atomic E-state index is 0.0774. The number of nitrogens with one attached hydrogen (secondary N) is 1. The number of furan rings is 1. The third kappa shape index (κ3) is 4.28. The Morgan fingerprint density at radius 3 is 2.53 bits per heavy atom. The fourth-order valence-corrected chi connectivity index (χ4v) is 5.68. The van der Waals surface area contributed by atoms with E-state index in [2.05, 4.69) is 11.4 Å². The molecule has 3 aromatic rings. The van der Waals surface area contributed by atoms with Crippen molar-refractivity contribution >= 4 is 29.2 Å². The Morgan fingerprint density at radius 1 is 1.22 bits per heavy atom. The molecule has 2 aromatic carbocycles. The van der Waals surface area contributed by atoms with Gasteiger partial charge in [-0.1, -0.05) is 55.2 Å². The van der Waals surface area contributed by atoms with Gasteiger partial charge in [0, 0.05) is 28.0 Å². The number of rotatable bonds is 6. The van der Waals surface area contributed by atoms with Gasteiger partial charge in [0.25, 0.3) is 0 Å². The summed E-state index contributed by atoms with van der Waals surface area (Å²) in [5.74, 6) is -2.95. The van der Waals surface area contributed by atoms with Crippen LogP contribution in [0.3, 0.4) is 0 Å². The number of benzene rings is 2. The molecule has 5 nitrogen and oxygen atoms in total. The van der Waals surface area contributed by atoms with Crippen LogP contribution < -0.4 is 5.32 Å². The quantitative estimate of drug-likeness (QED) is 0.377. The zero-order valence-electron chi connectivity index (χ0n) is 19.8. The molecule has 2 heterocycles. The first-order valence-corrected chi connectivity index (χ1v) is 12.0. The van der Waals surface area contributed by atoms with Crippen molar-refractivity contribution in [3.8, 4) is 6.07 Å². The molecule has 0 spiro atoms. The fourth-order valence-electron chi connectivity index (χ4n) is 5.34. The van der Waals surface area contributed by atoms with Crippen LogP contribution in [0.25, 0.3) is 0 Å². The lowest BCUT2D eigenvalue weighted by molar-refractivity contribution is -0.139. The van der Waals surface area contributed by atoms with E-state index in [0.717, 1.165) is 6.07 Å². The molecule has 0 bridgehead atoms. The van der Waals surface area contributed by atoms with Crippen LogP contribution in [0.15, 0.2) is 52.9 Å². The van der Waals surface area contributed by atoms with E-state index in [9.17, 15) is 15.2 Å². The molecule has 4 rings (SSSR count). The molecular formula is C27H24Cl2F2N2O3. The first-order valence-electron chi connectivity index (χ1n) is 11.3. The van der Waals surface area contributed by atoms with E-state index < -0.39 is 46.4 Å². The molecule has 1 aliphatic rings. The molecule has 9 heteroatoms. The molecule has 0 radical (unpaired) electrons. The fraction of sp³-hybridized carbons (Fsp3) is 0.333. The number of carboxylic acids is 1. The normalized spacial score (nSPS) is 24.0. The van der Waals surface area contributed by atoms with E-state index in [0.29, 0.717) is 11.5 Å². The van der Waals surface area contributed by atoms with Gasteiger partial charge >= 0.3 is 5.97 Å². The van der Waals surface area contributed by atoms with Crippen molar-refractivity contribution in [2.75, 3.05) is 0 Å². The molecule has 0 unspecified atom stereocenters. The highest BCUT2D eigenvalue weighted by molar-refractivity contribution is 6.31. The summed E-state index contributed by atoms with van der Waals surface area (Å²) in [7, 11) is 0. The van der Waals surface area contributed by atoms with Crippen molar-refractivity contribution in [2.24, 2.45) is 0 Å². The number of aryl methyl sites for hydroxylation is 1. The summed E-state index contributed by atoms with van der Waals surface area (Å²) in [6, 6.07) is 11.5. The molecule has 1 aromatic heterocycles. The van der Waals surface area contributed by atoms with Crippen molar-refractivity contribution in [1.29, 1.82) is 5.26 Å². The first kappa shape index (κ1) is 26.2. The van der Waals surface area contributed by atoms with Gasteiger partial charge in [0.15, 0.2) is 0 Å². The zero-order chi connectivity index (χ0) is 26.4. The lowest BCUT2D eigenvalue weighted by atomic mass is 9.62. The highest BCUT2D eigenvalue weighted by atomic mass is 35.5. The van der Waals surface area contributed by atoms with Gasteiger partial charge < -0.3 is 9.52 Å². The minimum Gasteiger partial charge on any atom is -0.480 e. The van der Waals surface area contributed by atoms with Crippen LogP contribution in [0, 0.1) is 29.9 Å². The lowest BCUT2D eigenvalue weighted by Gasteiger charge is -2.37. The van der Waals surface area contributed by atoms with Crippen LogP contribution in [0.5, 0.6) is 0 Å². The Bertz CT molecular complexity index is 1370. The topological polar surface area (TPSA) is 86.3 Å². The van der Waals surface area contributed by atoms with E-state index in [4.69, 9.17) is 27.6 Å². The Morgan fingerprint density at radius 2 is 1.94 bits per heavy atom. The van der Waals surface area contributed by atoms with Crippen molar-refractivity contribution < 1.29 is 23.1 Å². The zero-order valence-corrected chi connectivity index (χ0v) is 21.3. The molecule has 1 fully saturated rings. The van der Waals surface area contributed by atoms with Crippen LogP contribution in [-0.2, 0) is 15.6 Å². The van der Waals surface area contributed by atoms with Gasteiger partial charge in [-0.3, -0.25) is 10.1 Å². The second-order valence-electron chi connectivity index (χ2n) is 9.76. The maximum atomic E-state index is 15.5. The Labute approximate surface area is 217 Å². The summed E-state index contributed by atoms with van der Waals surface area (Å²) in [5, 5.41) is 23.8. The van der Waals surface area contributed by atoms with Gasteiger partial charge in [0.2, 0.25) is 0 Å². The average molecular weight is 533 g/mol. The molecule has 0 aliphatic carbocycles. The Kier molecular flexibility index (Phi) is 6.91. The monoisotopic (exact) mass is 532 g/mol. The summed E-state index contributed by atoms with van der Waals surface area (Å²) in [6.07, 6.45) is 0.179. The molecular weight excluding hydrogens is 509 g/mol. The number of carboxylic acid groups (broad SMARTS) is 1. The number of halogens is 4. The molecule has 1 saturated heterocycles.